The summed E-state index contributed by atoms with van der Waals surface area (Å²) in [6.07, 6.45) is 2.50. The molecule has 1 aliphatic heterocycles. The highest BCUT2D eigenvalue weighted by molar-refractivity contribution is 5.96. The summed E-state index contributed by atoms with van der Waals surface area (Å²) in [5.74, 6) is 0.713. The number of hydrogen-bond acceptors (Lipinski definition) is 3. The van der Waals surface area contributed by atoms with E-state index in [1.165, 1.54) is 18.5 Å². The van der Waals surface area contributed by atoms with E-state index in [2.05, 4.69) is 36.1 Å². The Bertz CT molecular complexity index is 1270. The van der Waals surface area contributed by atoms with Gasteiger partial charge in [0.1, 0.15) is 5.82 Å². The Balaban J connectivity index is 1.70. The molecule has 140 valence electrons. The molecule has 1 aliphatic rings. The van der Waals surface area contributed by atoms with Crippen molar-refractivity contribution in [3.05, 3.63) is 76.3 Å². The fourth-order valence-electron chi connectivity index (χ4n) is 4.33. The number of hydrogen-bond donors (Lipinski definition) is 0. The van der Waals surface area contributed by atoms with Gasteiger partial charge < -0.3 is 4.90 Å². The van der Waals surface area contributed by atoms with E-state index in [4.69, 9.17) is 4.98 Å². The van der Waals surface area contributed by atoms with Crippen molar-refractivity contribution in [2.24, 2.45) is 0 Å². The van der Waals surface area contributed by atoms with E-state index in [-0.39, 0.29) is 5.56 Å². The molecule has 3 aromatic carbocycles. The maximum atomic E-state index is 13.4. The normalized spacial score (nSPS) is 14.3. The highest BCUT2D eigenvalue weighted by Crippen LogP contribution is 2.26. The van der Waals surface area contributed by atoms with Crippen LogP contribution in [0.4, 0.5) is 5.69 Å². The van der Waals surface area contributed by atoms with Crippen LogP contribution < -0.4 is 10.5 Å². The van der Waals surface area contributed by atoms with Gasteiger partial charge in [-0.15, -0.1) is 0 Å². The van der Waals surface area contributed by atoms with Crippen molar-refractivity contribution in [1.82, 2.24) is 9.55 Å². The molecular formula is C24H23N3O. The summed E-state index contributed by atoms with van der Waals surface area (Å²) in [5.41, 5.74) is 3.99. The van der Waals surface area contributed by atoms with Gasteiger partial charge in [0, 0.05) is 18.8 Å². The monoisotopic (exact) mass is 369 g/mol. The molecule has 0 radical (unpaired) electrons. The van der Waals surface area contributed by atoms with E-state index in [1.54, 1.807) is 4.57 Å². The summed E-state index contributed by atoms with van der Waals surface area (Å²) < 4.78 is 1.75. The van der Waals surface area contributed by atoms with Gasteiger partial charge in [-0.25, -0.2) is 4.98 Å². The van der Waals surface area contributed by atoms with Crippen molar-refractivity contribution in [2.75, 3.05) is 18.0 Å². The van der Waals surface area contributed by atoms with Gasteiger partial charge in [0.25, 0.3) is 5.56 Å². The van der Waals surface area contributed by atoms with Crippen molar-refractivity contribution in [3.63, 3.8) is 0 Å². The van der Waals surface area contributed by atoms with Crippen LogP contribution in [0.25, 0.3) is 27.4 Å². The van der Waals surface area contributed by atoms with Gasteiger partial charge in [0.15, 0.2) is 0 Å². The molecule has 0 aliphatic carbocycles. The molecule has 28 heavy (non-hydrogen) atoms. The van der Waals surface area contributed by atoms with Gasteiger partial charge in [-0.05, 0) is 73.4 Å². The van der Waals surface area contributed by atoms with Crippen LogP contribution >= 0.6 is 0 Å². The molecule has 1 fully saturated rings. The maximum Gasteiger partial charge on any atom is 0.265 e. The van der Waals surface area contributed by atoms with Crippen LogP contribution in [0.15, 0.2) is 59.4 Å². The van der Waals surface area contributed by atoms with E-state index in [9.17, 15) is 4.79 Å². The zero-order chi connectivity index (χ0) is 19.3. The largest absolute Gasteiger partial charge is 0.372 e. The fourth-order valence-corrected chi connectivity index (χ4v) is 4.33. The molecule has 0 N–H and O–H groups in total. The van der Waals surface area contributed by atoms with E-state index in [0.717, 1.165) is 40.6 Å². The Morgan fingerprint density at radius 3 is 2.32 bits per heavy atom. The van der Waals surface area contributed by atoms with Crippen LogP contribution in [0.5, 0.6) is 0 Å². The molecule has 4 aromatic rings. The molecule has 5 rings (SSSR count). The lowest BCUT2D eigenvalue weighted by molar-refractivity contribution is 0.885. The van der Waals surface area contributed by atoms with Gasteiger partial charge in [0.2, 0.25) is 0 Å². The second-order valence-electron chi connectivity index (χ2n) is 7.68. The molecule has 4 nitrogen and oxygen atoms in total. The lowest BCUT2D eigenvalue weighted by Gasteiger charge is -2.20. The van der Waals surface area contributed by atoms with Crippen molar-refractivity contribution < 1.29 is 0 Å². The van der Waals surface area contributed by atoms with Crippen molar-refractivity contribution in [1.29, 1.82) is 0 Å². The summed E-state index contributed by atoms with van der Waals surface area (Å²) in [4.78, 5) is 20.6. The molecule has 0 amide bonds. The van der Waals surface area contributed by atoms with Crippen LogP contribution in [0.2, 0.25) is 0 Å². The number of anilines is 1. The molecule has 0 saturated carbocycles. The zero-order valence-electron chi connectivity index (χ0n) is 16.3. The average molecular weight is 369 g/mol. The minimum absolute atomic E-state index is 0.00900. The minimum atomic E-state index is -0.00900. The van der Waals surface area contributed by atoms with E-state index in [1.807, 2.05) is 37.3 Å². The quantitative estimate of drug-likeness (QED) is 0.478. The summed E-state index contributed by atoms with van der Waals surface area (Å²) in [6, 6.07) is 18.4. The molecule has 4 heteroatoms. The first-order valence-corrected chi connectivity index (χ1v) is 9.90. The second kappa shape index (κ2) is 6.48. The van der Waals surface area contributed by atoms with Gasteiger partial charge >= 0.3 is 0 Å². The second-order valence-corrected chi connectivity index (χ2v) is 7.68. The molecule has 1 aromatic heterocycles. The number of fused-ring (bicyclic) bond motifs is 2. The standard InChI is InChI=1S/C24H23N3O/c1-16-13-20(26-11-5-6-12-26)9-10-23(16)27-17(2)25-22-15-19-8-4-3-7-18(19)14-21(22)24(27)28/h3-4,7-10,13-15H,5-6,11-12H2,1-2H3. The van der Waals surface area contributed by atoms with Crippen LogP contribution in [0.3, 0.4) is 0 Å². The summed E-state index contributed by atoms with van der Waals surface area (Å²) in [7, 11) is 0. The first-order chi connectivity index (χ1) is 13.6. The first kappa shape index (κ1) is 17.0. The van der Waals surface area contributed by atoms with Crippen molar-refractivity contribution in [3.8, 4) is 5.69 Å². The first-order valence-electron chi connectivity index (χ1n) is 9.90. The third kappa shape index (κ3) is 2.68. The third-order valence-electron chi connectivity index (χ3n) is 5.80. The predicted octanol–water partition coefficient (Wildman–Crippen LogP) is 4.76. The molecular weight excluding hydrogens is 346 g/mol. The van der Waals surface area contributed by atoms with Crippen molar-refractivity contribution in [2.45, 2.75) is 26.7 Å². The number of rotatable bonds is 2. The number of aryl methyl sites for hydroxylation is 2. The van der Waals surface area contributed by atoms with Crippen molar-refractivity contribution >= 4 is 27.4 Å². The summed E-state index contributed by atoms with van der Waals surface area (Å²) >= 11 is 0. The van der Waals surface area contributed by atoms with Crippen LogP contribution in [0.1, 0.15) is 24.2 Å². The van der Waals surface area contributed by atoms with Crippen LogP contribution in [-0.2, 0) is 0 Å². The zero-order valence-corrected chi connectivity index (χ0v) is 16.3. The van der Waals surface area contributed by atoms with Crippen LogP contribution in [-0.4, -0.2) is 22.6 Å². The Morgan fingerprint density at radius 2 is 1.61 bits per heavy atom. The van der Waals surface area contributed by atoms with E-state index < -0.39 is 0 Å². The molecule has 0 atom stereocenters. The Labute approximate surface area is 164 Å². The lowest BCUT2D eigenvalue weighted by atomic mass is 10.1. The highest BCUT2D eigenvalue weighted by Gasteiger charge is 2.16. The Kier molecular flexibility index (Phi) is 3.93. The number of aromatic nitrogens is 2. The summed E-state index contributed by atoms with van der Waals surface area (Å²) in [6.45, 7) is 6.21. The van der Waals surface area contributed by atoms with Gasteiger partial charge in [0.05, 0.1) is 16.6 Å². The van der Waals surface area contributed by atoms with E-state index >= 15 is 0 Å². The Morgan fingerprint density at radius 1 is 0.893 bits per heavy atom. The van der Waals surface area contributed by atoms with E-state index in [0.29, 0.717) is 11.2 Å². The molecule has 0 bridgehead atoms. The smallest absolute Gasteiger partial charge is 0.265 e. The fraction of sp³-hybridized carbons (Fsp3) is 0.250. The van der Waals surface area contributed by atoms with Gasteiger partial charge in [-0.2, -0.15) is 0 Å². The van der Waals surface area contributed by atoms with Crippen LogP contribution in [0, 0.1) is 13.8 Å². The third-order valence-corrected chi connectivity index (χ3v) is 5.80. The molecule has 0 spiro atoms. The van der Waals surface area contributed by atoms with Gasteiger partial charge in [-0.1, -0.05) is 24.3 Å². The molecule has 1 saturated heterocycles. The van der Waals surface area contributed by atoms with Gasteiger partial charge in [-0.3, -0.25) is 9.36 Å². The SMILES string of the molecule is Cc1cc(N2CCCC2)ccc1-n1c(C)nc2cc3ccccc3cc2c1=O. The predicted molar refractivity (Wildman–Crippen MR) is 116 cm³/mol. The lowest BCUT2D eigenvalue weighted by Crippen LogP contribution is -2.23. The minimum Gasteiger partial charge on any atom is -0.372 e. The molecule has 0 unspecified atom stereocenters. The molecule has 2 heterocycles. The maximum absolute atomic E-state index is 13.4. The highest BCUT2D eigenvalue weighted by atomic mass is 16.1. The average Bonchev–Trinajstić information content (AvgIpc) is 3.23. The number of benzene rings is 3. The summed E-state index contributed by atoms with van der Waals surface area (Å²) in [5, 5.41) is 2.82. The topological polar surface area (TPSA) is 38.1 Å². The Hall–Kier alpha value is -3.14. The number of nitrogens with zero attached hydrogens (tertiary/aromatic N) is 3.